The molecule has 0 spiro atoms. The van der Waals surface area contributed by atoms with Crippen LogP contribution in [0.4, 0.5) is 5.69 Å². The maximum atomic E-state index is 12.7. The molecule has 1 aromatic rings. The third kappa shape index (κ3) is 7.88. The van der Waals surface area contributed by atoms with Crippen LogP contribution >= 0.6 is 0 Å². The molecule has 0 saturated carbocycles. The largest absolute Gasteiger partial charge is 0.386 e. The van der Waals surface area contributed by atoms with Crippen molar-refractivity contribution >= 4 is 17.5 Å². The lowest BCUT2D eigenvalue weighted by Crippen LogP contribution is -2.49. The molecule has 4 atom stereocenters. The molecule has 8 heteroatoms. The first-order chi connectivity index (χ1) is 14.7. The molecule has 2 amide bonds. The summed E-state index contributed by atoms with van der Waals surface area (Å²) in [4.78, 5) is 26.7. The molecule has 0 radical (unpaired) electrons. The number of amides is 2. The van der Waals surface area contributed by atoms with E-state index in [9.17, 15) is 9.59 Å². The van der Waals surface area contributed by atoms with Crippen molar-refractivity contribution in [1.29, 1.82) is 0 Å². The fourth-order valence-electron chi connectivity index (χ4n) is 3.78. The van der Waals surface area contributed by atoms with E-state index in [4.69, 9.17) is 10.5 Å². The van der Waals surface area contributed by atoms with Crippen molar-refractivity contribution in [1.82, 2.24) is 15.5 Å². The number of carbonyl (C=O) groups is 2. The Hall–Kier alpha value is -2.58. The smallest absolute Gasteiger partial charge is 0.240 e. The lowest BCUT2D eigenvalue weighted by molar-refractivity contribution is -0.126. The van der Waals surface area contributed by atoms with E-state index < -0.39 is 0 Å². The second-order valence-electron chi connectivity index (χ2n) is 8.32. The van der Waals surface area contributed by atoms with Crippen LogP contribution in [0.25, 0.3) is 0 Å². The summed E-state index contributed by atoms with van der Waals surface area (Å²) >= 11 is 0. The number of benzene rings is 1. The van der Waals surface area contributed by atoms with Crippen molar-refractivity contribution < 1.29 is 14.3 Å². The van der Waals surface area contributed by atoms with E-state index in [0.29, 0.717) is 25.2 Å². The number of carbonyl (C=O) groups excluding carboxylic acids is 2. The Morgan fingerprint density at radius 1 is 1.23 bits per heavy atom. The summed E-state index contributed by atoms with van der Waals surface area (Å²) in [6.45, 7) is 10.2. The molecule has 1 aliphatic rings. The normalized spacial score (nSPS) is 22.0. The monoisotopic (exact) mass is 431 g/mol. The average molecular weight is 432 g/mol. The highest BCUT2D eigenvalue weighted by molar-refractivity contribution is 5.90. The number of rotatable bonds is 11. The topological polar surface area (TPSA) is 109 Å². The number of unbranched alkanes of at least 4 members (excludes halogenated alkanes) is 1. The summed E-state index contributed by atoms with van der Waals surface area (Å²) in [7, 11) is 1.91. The summed E-state index contributed by atoms with van der Waals surface area (Å²) < 4.78 is 5.72. The van der Waals surface area contributed by atoms with Crippen molar-refractivity contribution in [2.75, 3.05) is 18.9 Å². The van der Waals surface area contributed by atoms with Gasteiger partial charge in [0, 0.05) is 24.7 Å². The van der Waals surface area contributed by atoms with Crippen molar-refractivity contribution in [3.63, 3.8) is 0 Å². The van der Waals surface area contributed by atoms with Gasteiger partial charge in [-0.1, -0.05) is 18.7 Å². The van der Waals surface area contributed by atoms with Gasteiger partial charge in [0.1, 0.15) is 12.3 Å². The second-order valence-corrected chi connectivity index (χ2v) is 8.32. The Balaban J connectivity index is 1.74. The van der Waals surface area contributed by atoms with Crippen molar-refractivity contribution in [2.24, 2.45) is 5.73 Å². The Labute approximate surface area is 185 Å². The molecule has 5 N–H and O–H groups in total. The maximum Gasteiger partial charge on any atom is 0.240 e. The first kappa shape index (κ1) is 24.7. The third-order valence-corrected chi connectivity index (χ3v) is 5.49. The molecule has 1 heterocycles. The van der Waals surface area contributed by atoms with Gasteiger partial charge >= 0.3 is 0 Å². The van der Waals surface area contributed by atoms with Crippen LogP contribution < -0.4 is 21.7 Å². The van der Waals surface area contributed by atoms with Crippen molar-refractivity contribution in [3.05, 3.63) is 42.2 Å². The molecule has 0 aliphatic carbocycles. The van der Waals surface area contributed by atoms with Gasteiger partial charge in [0.25, 0.3) is 0 Å². The van der Waals surface area contributed by atoms with E-state index in [-0.39, 0.29) is 36.2 Å². The number of nitrogens with one attached hydrogen (secondary N) is 3. The van der Waals surface area contributed by atoms with Crippen LogP contribution in [0.15, 0.2) is 36.7 Å². The van der Waals surface area contributed by atoms with E-state index in [1.165, 1.54) is 0 Å². The molecular weight excluding hydrogens is 394 g/mol. The molecule has 1 saturated heterocycles. The molecule has 31 heavy (non-hydrogen) atoms. The van der Waals surface area contributed by atoms with Gasteiger partial charge in [0.15, 0.2) is 0 Å². The Morgan fingerprint density at radius 3 is 2.48 bits per heavy atom. The molecule has 172 valence electrons. The minimum absolute atomic E-state index is 0.00814. The number of hydrogen-bond acceptors (Lipinski definition) is 6. The van der Waals surface area contributed by atoms with Crippen LogP contribution in [0, 0.1) is 0 Å². The number of nitrogens with two attached hydrogens (primary N) is 1. The fourth-order valence-corrected chi connectivity index (χ4v) is 3.78. The van der Waals surface area contributed by atoms with Crippen molar-refractivity contribution in [3.8, 4) is 0 Å². The van der Waals surface area contributed by atoms with E-state index >= 15 is 0 Å². The second kappa shape index (κ2) is 11.7. The molecule has 1 aromatic carbocycles. The summed E-state index contributed by atoms with van der Waals surface area (Å²) in [5.74, 6) is 0.426. The lowest BCUT2D eigenvalue weighted by Gasteiger charge is -2.24. The van der Waals surface area contributed by atoms with Gasteiger partial charge < -0.3 is 26.4 Å². The number of anilines is 1. The molecule has 4 unspecified atom stereocenters. The lowest BCUT2D eigenvalue weighted by atomic mass is 10.1. The average Bonchev–Trinajstić information content (AvgIpc) is 2.94. The zero-order valence-corrected chi connectivity index (χ0v) is 19.1. The standard InChI is InChI=1S/C23H37N5O3/c1-15(26-23(30)22-16(2)31-18(4)28(22)5)14-19-9-11-20(12-10-19)27-21(29)8-6-7-13-25-17(3)24/h9-12,15-16,18,22,25H,3,6-8,13-14,24H2,1-2,4-5H3,(H,26,30)(H,27,29). The first-order valence-corrected chi connectivity index (χ1v) is 10.9. The molecule has 1 fully saturated rings. The van der Waals surface area contributed by atoms with Crippen LogP contribution in [-0.4, -0.2) is 54.7 Å². The maximum absolute atomic E-state index is 12.7. The van der Waals surface area contributed by atoms with Gasteiger partial charge in [0.05, 0.1) is 11.9 Å². The van der Waals surface area contributed by atoms with Gasteiger partial charge in [-0.15, -0.1) is 0 Å². The predicted octanol–water partition coefficient (Wildman–Crippen LogP) is 1.93. The summed E-state index contributed by atoms with van der Waals surface area (Å²) in [5.41, 5.74) is 7.30. The number of ether oxygens (including phenoxy) is 1. The number of hydrogen-bond donors (Lipinski definition) is 4. The Morgan fingerprint density at radius 2 is 1.90 bits per heavy atom. The number of likely N-dealkylation sites (N-methyl/N-ethyl adjacent to an activating group) is 1. The molecular formula is C23H37N5O3. The highest BCUT2D eigenvalue weighted by Gasteiger charge is 2.39. The van der Waals surface area contributed by atoms with Gasteiger partial charge in [-0.2, -0.15) is 0 Å². The molecule has 0 aromatic heterocycles. The Kier molecular flexibility index (Phi) is 9.33. The fraction of sp³-hybridized carbons (Fsp3) is 0.565. The third-order valence-electron chi connectivity index (χ3n) is 5.49. The minimum atomic E-state index is -0.278. The number of nitrogens with zero attached hydrogens (tertiary/aromatic N) is 1. The van der Waals surface area contributed by atoms with E-state index in [2.05, 4.69) is 22.5 Å². The molecule has 8 nitrogen and oxygen atoms in total. The van der Waals surface area contributed by atoms with Crippen LogP contribution in [0.3, 0.4) is 0 Å². The SMILES string of the molecule is C=C(N)NCCCCC(=O)Nc1ccc(CC(C)NC(=O)C2C(C)OC(C)N2C)cc1. The van der Waals surface area contributed by atoms with E-state index in [1.54, 1.807) is 0 Å². The van der Waals surface area contributed by atoms with E-state index in [1.807, 2.05) is 57.0 Å². The van der Waals surface area contributed by atoms with Gasteiger partial charge in [-0.3, -0.25) is 14.5 Å². The highest BCUT2D eigenvalue weighted by atomic mass is 16.5. The van der Waals surface area contributed by atoms with Gasteiger partial charge in [-0.05, 0) is 64.8 Å². The zero-order chi connectivity index (χ0) is 23.0. The molecule has 2 rings (SSSR count). The van der Waals surface area contributed by atoms with Crippen LogP contribution in [0.1, 0.15) is 45.6 Å². The van der Waals surface area contributed by atoms with E-state index in [0.717, 1.165) is 24.1 Å². The first-order valence-electron chi connectivity index (χ1n) is 10.9. The van der Waals surface area contributed by atoms with Gasteiger partial charge in [-0.25, -0.2) is 0 Å². The highest BCUT2D eigenvalue weighted by Crippen LogP contribution is 2.21. The van der Waals surface area contributed by atoms with Crippen LogP contribution in [0.2, 0.25) is 0 Å². The summed E-state index contributed by atoms with van der Waals surface area (Å²) in [6.07, 6.45) is 2.60. The summed E-state index contributed by atoms with van der Waals surface area (Å²) in [5, 5.41) is 8.95. The predicted molar refractivity (Wildman–Crippen MR) is 123 cm³/mol. The molecule has 1 aliphatic heterocycles. The summed E-state index contributed by atoms with van der Waals surface area (Å²) in [6, 6.07) is 7.45. The zero-order valence-electron chi connectivity index (χ0n) is 19.1. The quantitative estimate of drug-likeness (QED) is 0.399. The minimum Gasteiger partial charge on any atom is -0.386 e. The van der Waals surface area contributed by atoms with Crippen LogP contribution in [0.5, 0.6) is 0 Å². The molecule has 0 bridgehead atoms. The van der Waals surface area contributed by atoms with Crippen molar-refractivity contribution in [2.45, 2.75) is 70.9 Å². The van der Waals surface area contributed by atoms with Gasteiger partial charge in [0.2, 0.25) is 11.8 Å². The Bertz CT molecular complexity index is 752. The van der Waals surface area contributed by atoms with Crippen LogP contribution in [-0.2, 0) is 20.7 Å².